The molecule has 0 bridgehead atoms. The van der Waals surface area contributed by atoms with E-state index < -0.39 is 0 Å². The van der Waals surface area contributed by atoms with Gasteiger partial charge in [0.2, 0.25) is 0 Å². The SMILES string of the molecule is CCCCCC1CC[Si]CC1. The van der Waals surface area contributed by atoms with Crippen molar-refractivity contribution in [1.29, 1.82) is 0 Å². The lowest BCUT2D eigenvalue weighted by Crippen LogP contribution is -2.09. The summed E-state index contributed by atoms with van der Waals surface area (Å²) in [5.74, 6) is 1.11. The zero-order valence-electron chi connectivity index (χ0n) is 7.73. The van der Waals surface area contributed by atoms with Crippen molar-refractivity contribution < 1.29 is 0 Å². The van der Waals surface area contributed by atoms with Crippen LogP contribution in [0.15, 0.2) is 0 Å². The number of hydrogen-bond acceptors (Lipinski definition) is 0. The van der Waals surface area contributed by atoms with Crippen LogP contribution in [0.25, 0.3) is 0 Å². The Hall–Kier alpha value is 0.217. The van der Waals surface area contributed by atoms with Gasteiger partial charge >= 0.3 is 0 Å². The first-order chi connectivity index (χ1) is 5.43. The number of hydrogen-bond donors (Lipinski definition) is 0. The maximum absolute atomic E-state index is 2.29. The summed E-state index contributed by atoms with van der Waals surface area (Å²) in [6.07, 6.45) is 8.94. The lowest BCUT2D eigenvalue weighted by atomic mass is 9.96. The molecule has 0 unspecified atom stereocenters. The topological polar surface area (TPSA) is 0 Å². The van der Waals surface area contributed by atoms with Gasteiger partial charge in [-0.25, -0.2) is 0 Å². The molecule has 0 aromatic rings. The minimum absolute atomic E-state index is 1.11. The second kappa shape index (κ2) is 5.82. The molecule has 0 N–H and O–H groups in total. The van der Waals surface area contributed by atoms with Crippen molar-refractivity contribution in [3.63, 3.8) is 0 Å². The van der Waals surface area contributed by atoms with E-state index in [2.05, 4.69) is 6.92 Å². The highest BCUT2D eigenvalue weighted by molar-refractivity contribution is 6.35. The van der Waals surface area contributed by atoms with Crippen molar-refractivity contribution >= 4 is 9.52 Å². The molecule has 1 fully saturated rings. The molecule has 1 aliphatic rings. The molecule has 64 valence electrons. The van der Waals surface area contributed by atoms with Crippen LogP contribution in [-0.2, 0) is 0 Å². The molecule has 11 heavy (non-hydrogen) atoms. The van der Waals surface area contributed by atoms with Gasteiger partial charge in [0.05, 0.1) is 0 Å². The van der Waals surface area contributed by atoms with E-state index in [0.29, 0.717) is 0 Å². The van der Waals surface area contributed by atoms with Crippen molar-refractivity contribution in [3.8, 4) is 0 Å². The fourth-order valence-electron chi connectivity index (χ4n) is 1.85. The van der Waals surface area contributed by atoms with E-state index in [-0.39, 0.29) is 0 Å². The smallest absolute Gasteiger partial charge is 0.0378 e. The third-order valence-electron chi connectivity index (χ3n) is 2.67. The second-order valence-corrected chi connectivity index (χ2v) is 5.19. The Morgan fingerprint density at radius 2 is 1.91 bits per heavy atom. The molecule has 1 rings (SSSR count). The normalized spacial score (nSPS) is 20.5. The monoisotopic (exact) mass is 168 g/mol. The molecule has 0 nitrogen and oxygen atoms in total. The van der Waals surface area contributed by atoms with Crippen LogP contribution in [0.3, 0.4) is 0 Å². The van der Waals surface area contributed by atoms with Gasteiger partial charge in [0, 0.05) is 9.52 Å². The van der Waals surface area contributed by atoms with Crippen LogP contribution in [-0.4, -0.2) is 9.52 Å². The van der Waals surface area contributed by atoms with Crippen molar-refractivity contribution in [2.45, 2.75) is 57.5 Å². The van der Waals surface area contributed by atoms with Gasteiger partial charge in [-0.05, 0) is 5.92 Å². The molecule has 0 saturated carbocycles. The lowest BCUT2D eigenvalue weighted by molar-refractivity contribution is 0.420. The predicted octanol–water partition coefficient (Wildman–Crippen LogP) is 3.52. The summed E-state index contributed by atoms with van der Waals surface area (Å²) in [5.41, 5.74) is 0. The van der Waals surface area contributed by atoms with Crippen LogP contribution in [0.2, 0.25) is 12.1 Å². The Labute approximate surface area is 73.6 Å². The Morgan fingerprint density at radius 1 is 1.18 bits per heavy atom. The van der Waals surface area contributed by atoms with Gasteiger partial charge in [-0.1, -0.05) is 57.5 Å². The van der Waals surface area contributed by atoms with E-state index >= 15 is 0 Å². The van der Waals surface area contributed by atoms with Crippen molar-refractivity contribution in [1.82, 2.24) is 0 Å². The highest BCUT2D eigenvalue weighted by Gasteiger charge is 2.12. The van der Waals surface area contributed by atoms with Gasteiger partial charge in [-0.15, -0.1) is 0 Å². The summed E-state index contributed by atoms with van der Waals surface area (Å²) in [7, 11) is 1.29. The highest BCUT2D eigenvalue weighted by Crippen LogP contribution is 2.25. The molecule has 2 radical (unpaired) electrons. The van der Waals surface area contributed by atoms with E-state index in [4.69, 9.17) is 0 Å². The zero-order valence-corrected chi connectivity index (χ0v) is 8.73. The summed E-state index contributed by atoms with van der Waals surface area (Å²) in [4.78, 5) is 0. The largest absolute Gasteiger partial charge is 0.0654 e. The van der Waals surface area contributed by atoms with Crippen molar-refractivity contribution in [2.75, 3.05) is 0 Å². The van der Waals surface area contributed by atoms with Crippen LogP contribution in [0.5, 0.6) is 0 Å². The average molecular weight is 168 g/mol. The molecule has 1 aliphatic heterocycles. The molecule has 0 aromatic heterocycles. The maximum atomic E-state index is 2.29. The zero-order chi connectivity index (χ0) is 7.94. The van der Waals surface area contributed by atoms with E-state index in [1.54, 1.807) is 12.8 Å². The highest BCUT2D eigenvalue weighted by atomic mass is 28.2. The number of rotatable bonds is 4. The van der Waals surface area contributed by atoms with Gasteiger partial charge in [0.25, 0.3) is 0 Å². The van der Waals surface area contributed by atoms with Gasteiger partial charge in [0.1, 0.15) is 0 Å². The first-order valence-electron chi connectivity index (χ1n) is 5.14. The fraction of sp³-hybridized carbons (Fsp3) is 1.00. The van der Waals surface area contributed by atoms with E-state index in [0.717, 1.165) is 5.92 Å². The molecule has 0 amide bonds. The van der Waals surface area contributed by atoms with E-state index in [1.165, 1.54) is 47.3 Å². The number of unbranched alkanes of at least 4 members (excludes halogenated alkanes) is 2. The van der Waals surface area contributed by atoms with E-state index in [9.17, 15) is 0 Å². The van der Waals surface area contributed by atoms with Crippen LogP contribution in [0.4, 0.5) is 0 Å². The van der Waals surface area contributed by atoms with Gasteiger partial charge in [0.15, 0.2) is 0 Å². The Balaban J connectivity index is 1.96. The molecule has 1 heteroatoms. The second-order valence-electron chi connectivity index (χ2n) is 3.69. The molecule has 0 atom stereocenters. The molecule has 0 aliphatic carbocycles. The lowest BCUT2D eigenvalue weighted by Gasteiger charge is -2.20. The standard InChI is InChI=1S/C10H20Si/c1-2-3-4-5-10-6-8-11-9-7-10/h10H,2-9H2,1H3. The maximum Gasteiger partial charge on any atom is 0.0378 e. The average Bonchev–Trinajstić information content (AvgIpc) is 2.07. The fourth-order valence-corrected chi connectivity index (χ4v) is 3.33. The summed E-state index contributed by atoms with van der Waals surface area (Å²) in [6, 6.07) is 3.08. The van der Waals surface area contributed by atoms with Crippen LogP contribution in [0, 0.1) is 5.92 Å². The van der Waals surface area contributed by atoms with Crippen molar-refractivity contribution in [2.24, 2.45) is 5.92 Å². The predicted molar refractivity (Wildman–Crippen MR) is 52.2 cm³/mol. The summed E-state index contributed by atoms with van der Waals surface area (Å²) in [6.45, 7) is 2.29. The summed E-state index contributed by atoms with van der Waals surface area (Å²) < 4.78 is 0. The minimum Gasteiger partial charge on any atom is -0.0654 e. The van der Waals surface area contributed by atoms with Crippen LogP contribution in [0.1, 0.15) is 45.4 Å². The first kappa shape index (κ1) is 9.31. The molecule has 0 aromatic carbocycles. The van der Waals surface area contributed by atoms with Crippen molar-refractivity contribution in [3.05, 3.63) is 0 Å². The Morgan fingerprint density at radius 3 is 2.55 bits per heavy atom. The van der Waals surface area contributed by atoms with Gasteiger partial charge in [-0.3, -0.25) is 0 Å². The molecular formula is C10H20Si. The Bertz CT molecular complexity index is 84.9. The quantitative estimate of drug-likeness (QED) is 0.445. The third-order valence-corrected chi connectivity index (χ3v) is 3.96. The van der Waals surface area contributed by atoms with E-state index in [1.807, 2.05) is 0 Å². The molecule has 0 spiro atoms. The molecule has 1 heterocycles. The molecular weight excluding hydrogens is 148 g/mol. The molecule has 1 saturated heterocycles. The minimum atomic E-state index is 1.11. The van der Waals surface area contributed by atoms with Crippen LogP contribution < -0.4 is 0 Å². The Kier molecular flexibility index (Phi) is 4.92. The summed E-state index contributed by atoms with van der Waals surface area (Å²) >= 11 is 0. The van der Waals surface area contributed by atoms with Crippen LogP contribution >= 0.6 is 0 Å². The summed E-state index contributed by atoms with van der Waals surface area (Å²) in [5, 5.41) is 0. The van der Waals surface area contributed by atoms with Gasteiger partial charge < -0.3 is 0 Å². The third kappa shape index (κ3) is 3.95. The first-order valence-corrected chi connectivity index (χ1v) is 6.55. The van der Waals surface area contributed by atoms with Gasteiger partial charge in [-0.2, -0.15) is 0 Å².